The lowest BCUT2D eigenvalue weighted by Crippen LogP contribution is -2.05. The Morgan fingerprint density at radius 3 is 2.88 bits per heavy atom. The molecule has 4 heteroatoms. The van der Waals surface area contributed by atoms with Gasteiger partial charge in [-0.3, -0.25) is 0 Å². The minimum Gasteiger partial charge on any atom is -0.462 e. The molecule has 0 N–H and O–H groups in total. The van der Waals surface area contributed by atoms with Crippen LogP contribution in [0.15, 0.2) is 18.2 Å². The summed E-state index contributed by atoms with van der Waals surface area (Å²) in [7, 11) is 0. The van der Waals surface area contributed by atoms with E-state index in [0.29, 0.717) is 12.0 Å². The highest BCUT2D eigenvalue weighted by Gasteiger charge is 2.09. The summed E-state index contributed by atoms with van der Waals surface area (Å²) in [6.45, 7) is 1.95. The van der Waals surface area contributed by atoms with Gasteiger partial charge in [0.15, 0.2) is 0 Å². The average Bonchev–Trinajstić information content (AvgIpc) is 2.27. The molecule has 0 fully saturated rings. The normalized spacial score (nSPS) is 9.56. The smallest absolute Gasteiger partial charge is 0.338 e. The van der Waals surface area contributed by atoms with Gasteiger partial charge in [-0.25, -0.2) is 9.18 Å². The molecule has 0 heterocycles. The van der Waals surface area contributed by atoms with Crippen LogP contribution in [0, 0.1) is 17.1 Å². The summed E-state index contributed by atoms with van der Waals surface area (Å²) in [5, 5.41) is 8.38. The molecule has 3 nitrogen and oxygen atoms in total. The zero-order valence-electron chi connectivity index (χ0n) is 9.00. The number of halogens is 1. The number of rotatable bonds is 4. The van der Waals surface area contributed by atoms with E-state index in [4.69, 9.17) is 10.00 Å². The van der Waals surface area contributed by atoms with Crippen LogP contribution in [0.3, 0.4) is 0 Å². The highest BCUT2D eigenvalue weighted by atomic mass is 19.1. The molecule has 0 atom stereocenters. The van der Waals surface area contributed by atoms with Crippen molar-refractivity contribution in [2.75, 3.05) is 6.61 Å². The second-order valence-corrected chi connectivity index (χ2v) is 3.18. The fourth-order valence-electron chi connectivity index (χ4n) is 1.28. The Bertz CT molecular complexity index is 424. The van der Waals surface area contributed by atoms with Gasteiger partial charge in [0.1, 0.15) is 5.82 Å². The van der Waals surface area contributed by atoms with Gasteiger partial charge in [0.05, 0.1) is 18.2 Å². The third-order valence-electron chi connectivity index (χ3n) is 2.07. The highest BCUT2D eigenvalue weighted by molar-refractivity contribution is 5.89. The molecule has 0 saturated heterocycles. The molecule has 1 aromatic carbocycles. The SMILES string of the molecule is CCOC(=O)c1ccc(CCC#N)c(F)c1. The number of aryl methyl sites for hydroxylation is 1. The molecule has 0 radical (unpaired) electrons. The van der Waals surface area contributed by atoms with Gasteiger partial charge in [0, 0.05) is 6.42 Å². The van der Waals surface area contributed by atoms with Gasteiger partial charge in [0.25, 0.3) is 0 Å². The second kappa shape index (κ2) is 5.86. The van der Waals surface area contributed by atoms with Crippen LogP contribution in [0.4, 0.5) is 4.39 Å². The summed E-state index contributed by atoms with van der Waals surface area (Å²) in [5.41, 5.74) is 0.634. The van der Waals surface area contributed by atoms with Gasteiger partial charge < -0.3 is 4.74 Å². The molecule has 0 aliphatic heterocycles. The number of carbonyl (C=O) groups is 1. The standard InChI is InChI=1S/C12H12FNO2/c1-2-16-12(15)10-6-5-9(4-3-7-14)11(13)8-10/h5-6,8H,2-4H2,1H3. The zero-order chi connectivity index (χ0) is 12.0. The fourth-order valence-corrected chi connectivity index (χ4v) is 1.28. The summed E-state index contributed by atoms with van der Waals surface area (Å²) < 4.78 is 18.2. The lowest BCUT2D eigenvalue weighted by molar-refractivity contribution is 0.0526. The monoisotopic (exact) mass is 221 g/mol. The number of esters is 1. The molecule has 16 heavy (non-hydrogen) atoms. The summed E-state index contributed by atoms with van der Waals surface area (Å²) in [6.07, 6.45) is 0.612. The van der Waals surface area contributed by atoms with E-state index in [9.17, 15) is 9.18 Å². The molecule has 0 unspecified atom stereocenters. The summed E-state index contributed by atoms with van der Waals surface area (Å²) in [6, 6.07) is 6.11. The van der Waals surface area contributed by atoms with Gasteiger partial charge in [0.2, 0.25) is 0 Å². The molecule has 0 aliphatic rings. The van der Waals surface area contributed by atoms with Crippen molar-refractivity contribution in [1.82, 2.24) is 0 Å². The zero-order valence-corrected chi connectivity index (χ0v) is 9.00. The van der Waals surface area contributed by atoms with Crippen molar-refractivity contribution in [2.45, 2.75) is 19.8 Å². The van der Waals surface area contributed by atoms with Crippen molar-refractivity contribution in [3.63, 3.8) is 0 Å². The van der Waals surface area contributed by atoms with Gasteiger partial charge in [-0.05, 0) is 31.0 Å². The number of nitrogens with zero attached hydrogens (tertiary/aromatic N) is 1. The molecule has 1 aromatic rings. The third-order valence-corrected chi connectivity index (χ3v) is 2.07. The Morgan fingerprint density at radius 1 is 1.56 bits per heavy atom. The van der Waals surface area contributed by atoms with Crippen LogP contribution in [0.2, 0.25) is 0 Å². The third kappa shape index (κ3) is 3.06. The number of carbonyl (C=O) groups excluding carboxylic acids is 1. The number of ether oxygens (including phenoxy) is 1. The van der Waals surface area contributed by atoms with Gasteiger partial charge in [-0.15, -0.1) is 0 Å². The van der Waals surface area contributed by atoms with Gasteiger partial charge in [-0.2, -0.15) is 5.26 Å². The Labute approximate surface area is 93.5 Å². The van der Waals surface area contributed by atoms with Crippen LogP contribution in [0.25, 0.3) is 0 Å². The molecule has 0 aliphatic carbocycles. The minimum absolute atomic E-state index is 0.194. The Hall–Kier alpha value is -1.89. The number of hydrogen-bond donors (Lipinski definition) is 0. The highest BCUT2D eigenvalue weighted by Crippen LogP contribution is 2.13. The van der Waals surface area contributed by atoms with Crippen LogP contribution in [-0.2, 0) is 11.2 Å². The van der Waals surface area contributed by atoms with Crippen molar-refractivity contribution in [3.05, 3.63) is 35.1 Å². The molecule has 0 saturated carbocycles. The lowest BCUT2D eigenvalue weighted by Gasteiger charge is -2.04. The second-order valence-electron chi connectivity index (χ2n) is 3.18. The quantitative estimate of drug-likeness (QED) is 0.734. The van der Waals surface area contributed by atoms with E-state index in [1.807, 2.05) is 6.07 Å². The van der Waals surface area contributed by atoms with Crippen LogP contribution in [0.5, 0.6) is 0 Å². The first kappa shape index (κ1) is 12.2. The number of hydrogen-bond acceptors (Lipinski definition) is 3. The van der Waals surface area contributed by atoms with Crippen molar-refractivity contribution in [3.8, 4) is 6.07 Å². The fraction of sp³-hybridized carbons (Fsp3) is 0.333. The van der Waals surface area contributed by atoms with Crippen LogP contribution in [-0.4, -0.2) is 12.6 Å². The number of nitriles is 1. The van der Waals surface area contributed by atoms with Crippen molar-refractivity contribution < 1.29 is 13.9 Å². The maximum absolute atomic E-state index is 13.5. The summed E-state index contributed by atoms with van der Waals surface area (Å²) in [5.74, 6) is -1.01. The van der Waals surface area contributed by atoms with Crippen molar-refractivity contribution in [2.24, 2.45) is 0 Å². The molecule has 0 amide bonds. The maximum Gasteiger partial charge on any atom is 0.338 e. The first-order valence-electron chi connectivity index (χ1n) is 5.01. The summed E-state index contributed by atoms with van der Waals surface area (Å²) >= 11 is 0. The van der Waals surface area contributed by atoms with E-state index in [1.165, 1.54) is 12.1 Å². The maximum atomic E-state index is 13.5. The predicted octanol–water partition coefficient (Wildman–Crippen LogP) is 2.46. The van der Waals surface area contributed by atoms with E-state index in [2.05, 4.69) is 0 Å². The van der Waals surface area contributed by atoms with E-state index in [1.54, 1.807) is 6.92 Å². The molecular formula is C12H12FNO2. The van der Waals surface area contributed by atoms with Gasteiger partial charge >= 0.3 is 5.97 Å². The van der Waals surface area contributed by atoms with Crippen LogP contribution < -0.4 is 0 Å². The molecular weight excluding hydrogens is 209 g/mol. The Balaban J connectivity index is 2.83. The Morgan fingerprint density at radius 2 is 2.31 bits per heavy atom. The average molecular weight is 221 g/mol. The van der Waals surface area contributed by atoms with Gasteiger partial charge in [-0.1, -0.05) is 6.07 Å². The lowest BCUT2D eigenvalue weighted by atomic mass is 10.1. The van der Waals surface area contributed by atoms with E-state index in [-0.39, 0.29) is 18.6 Å². The summed E-state index contributed by atoms with van der Waals surface area (Å²) in [4.78, 5) is 11.3. The first-order valence-corrected chi connectivity index (χ1v) is 5.01. The van der Waals surface area contributed by atoms with E-state index < -0.39 is 11.8 Å². The van der Waals surface area contributed by atoms with E-state index in [0.717, 1.165) is 6.07 Å². The molecule has 0 spiro atoms. The van der Waals surface area contributed by atoms with Crippen molar-refractivity contribution in [1.29, 1.82) is 5.26 Å². The van der Waals surface area contributed by atoms with Crippen molar-refractivity contribution >= 4 is 5.97 Å². The van der Waals surface area contributed by atoms with Crippen LogP contribution in [0.1, 0.15) is 29.3 Å². The minimum atomic E-state index is -0.534. The Kier molecular flexibility index (Phi) is 4.46. The largest absolute Gasteiger partial charge is 0.462 e. The molecule has 0 aromatic heterocycles. The first-order chi connectivity index (χ1) is 7.69. The molecule has 84 valence electrons. The predicted molar refractivity (Wildman–Crippen MR) is 56.3 cm³/mol. The topological polar surface area (TPSA) is 50.1 Å². The van der Waals surface area contributed by atoms with E-state index >= 15 is 0 Å². The molecule has 1 rings (SSSR count). The number of benzene rings is 1. The van der Waals surface area contributed by atoms with Crippen LogP contribution >= 0.6 is 0 Å². The molecule has 0 bridgehead atoms.